The third-order valence-corrected chi connectivity index (χ3v) is 4.55. The van der Waals surface area contributed by atoms with Crippen LogP contribution >= 0.6 is 0 Å². The van der Waals surface area contributed by atoms with Crippen LogP contribution in [0.2, 0.25) is 0 Å². The van der Waals surface area contributed by atoms with E-state index >= 15 is 0 Å². The predicted molar refractivity (Wildman–Crippen MR) is 89.1 cm³/mol. The van der Waals surface area contributed by atoms with Gasteiger partial charge < -0.3 is 15.7 Å². The van der Waals surface area contributed by atoms with Gasteiger partial charge in [-0.3, -0.25) is 14.4 Å². The minimum atomic E-state index is -0.913. The number of carboxylic acids is 1. The molecule has 26 heavy (non-hydrogen) atoms. The second-order valence-corrected chi connectivity index (χ2v) is 6.58. The van der Waals surface area contributed by atoms with Gasteiger partial charge in [-0.2, -0.15) is 0 Å². The molecule has 0 heterocycles. The highest BCUT2D eigenvalue weighted by Crippen LogP contribution is 2.25. The summed E-state index contributed by atoms with van der Waals surface area (Å²) in [4.78, 5) is 34.6. The first-order valence-corrected chi connectivity index (χ1v) is 8.50. The van der Waals surface area contributed by atoms with Crippen LogP contribution in [0.4, 0.5) is 8.78 Å². The maximum atomic E-state index is 14.0. The lowest BCUT2D eigenvalue weighted by molar-refractivity contribution is -0.142. The van der Waals surface area contributed by atoms with Crippen LogP contribution < -0.4 is 10.6 Å². The summed E-state index contributed by atoms with van der Waals surface area (Å²) in [7, 11) is 0. The quantitative estimate of drug-likeness (QED) is 0.718. The van der Waals surface area contributed by atoms with Crippen LogP contribution in [0.3, 0.4) is 0 Å². The smallest absolute Gasteiger partial charge is 0.306 e. The number of carbonyl (C=O) groups excluding carboxylic acids is 2. The Kier molecular flexibility index (Phi) is 6.65. The summed E-state index contributed by atoms with van der Waals surface area (Å²) in [5.41, 5.74) is 0.0336. The summed E-state index contributed by atoms with van der Waals surface area (Å²) in [5.74, 6) is -3.61. The number of carboxylic acid groups (broad SMARTS) is 1. The van der Waals surface area contributed by atoms with Crippen molar-refractivity contribution in [3.63, 3.8) is 0 Å². The van der Waals surface area contributed by atoms with E-state index in [1.165, 1.54) is 13.0 Å². The van der Waals surface area contributed by atoms with Gasteiger partial charge in [0.15, 0.2) is 0 Å². The van der Waals surface area contributed by atoms with Crippen molar-refractivity contribution in [2.24, 2.45) is 5.92 Å². The minimum Gasteiger partial charge on any atom is -0.481 e. The molecular formula is C18H22F2N2O4. The van der Waals surface area contributed by atoms with Gasteiger partial charge in [0.2, 0.25) is 11.8 Å². The molecule has 3 N–H and O–H groups in total. The molecule has 1 atom stereocenters. The van der Waals surface area contributed by atoms with E-state index in [9.17, 15) is 23.2 Å². The fourth-order valence-electron chi connectivity index (χ4n) is 3.22. The molecule has 1 aliphatic carbocycles. The number of carbonyl (C=O) groups is 3. The highest BCUT2D eigenvalue weighted by Gasteiger charge is 2.28. The molecule has 0 radical (unpaired) electrons. The lowest BCUT2D eigenvalue weighted by atomic mass is 9.86. The summed E-state index contributed by atoms with van der Waals surface area (Å²) in [5, 5.41) is 14.3. The van der Waals surface area contributed by atoms with Gasteiger partial charge in [-0.25, -0.2) is 8.78 Å². The van der Waals surface area contributed by atoms with Gasteiger partial charge >= 0.3 is 5.97 Å². The van der Waals surface area contributed by atoms with Crippen LogP contribution in [0.5, 0.6) is 0 Å². The molecule has 1 aromatic carbocycles. The Hall–Kier alpha value is -2.51. The molecule has 2 rings (SSSR count). The zero-order chi connectivity index (χ0) is 19.3. The number of hydrogen-bond acceptors (Lipinski definition) is 3. The van der Waals surface area contributed by atoms with Crippen molar-refractivity contribution in [2.75, 3.05) is 0 Å². The van der Waals surface area contributed by atoms with Gasteiger partial charge in [-0.15, -0.1) is 0 Å². The Morgan fingerprint density at radius 2 is 1.85 bits per heavy atom. The monoisotopic (exact) mass is 368 g/mol. The SMILES string of the molecule is CC(=O)NC(CC(=O)NC1CCC(C(=O)O)CC1)c1ccc(F)cc1F. The second kappa shape index (κ2) is 8.73. The van der Waals surface area contributed by atoms with Crippen LogP contribution in [-0.2, 0) is 14.4 Å². The van der Waals surface area contributed by atoms with Gasteiger partial charge in [-0.1, -0.05) is 6.07 Å². The van der Waals surface area contributed by atoms with E-state index in [1.54, 1.807) is 0 Å². The minimum absolute atomic E-state index is 0.0336. The van der Waals surface area contributed by atoms with Gasteiger partial charge in [0.05, 0.1) is 18.4 Å². The first-order valence-electron chi connectivity index (χ1n) is 8.50. The number of amides is 2. The topological polar surface area (TPSA) is 95.5 Å². The van der Waals surface area contributed by atoms with Crippen LogP contribution in [0, 0.1) is 17.6 Å². The molecule has 6 nitrogen and oxygen atoms in total. The van der Waals surface area contributed by atoms with Gasteiger partial charge in [0.25, 0.3) is 0 Å². The summed E-state index contributed by atoms with van der Waals surface area (Å²) in [6, 6.07) is 1.92. The first-order chi connectivity index (χ1) is 12.3. The van der Waals surface area contributed by atoms with E-state index in [-0.39, 0.29) is 29.9 Å². The maximum Gasteiger partial charge on any atom is 0.306 e. The summed E-state index contributed by atoms with van der Waals surface area (Å²) >= 11 is 0. The van der Waals surface area contributed by atoms with Crippen molar-refractivity contribution in [1.82, 2.24) is 10.6 Å². The van der Waals surface area contributed by atoms with Crippen LogP contribution in [0.25, 0.3) is 0 Å². The number of halogens is 2. The molecule has 8 heteroatoms. The molecule has 1 saturated carbocycles. The van der Waals surface area contributed by atoms with Gasteiger partial charge in [0, 0.05) is 24.6 Å². The van der Waals surface area contributed by atoms with E-state index in [0.717, 1.165) is 6.07 Å². The van der Waals surface area contributed by atoms with E-state index < -0.39 is 29.6 Å². The molecule has 0 aromatic heterocycles. The molecule has 0 aliphatic heterocycles. The second-order valence-electron chi connectivity index (χ2n) is 6.58. The molecule has 0 spiro atoms. The molecule has 1 fully saturated rings. The molecule has 0 saturated heterocycles. The average molecular weight is 368 g/mol. The van der Waals surface area contributed by atoms with Crippen molar-refractivity contribution >= 4 is 17.8 Å². The summed E-state index contributed by atoms with van der Waals surface area (Å²) in [6.07, 6.45) is 1.89. The lowest BCUT2D eigenvalue weighted by Crippen LogP contribution is -2.40. The Bertz CT molecular complexity index is 688. The fraction of sp³-hybridized carbons (Fsp3) is 0.500. The molecule has 0 bridgehead atoms. The molecule has 142 valence electrons. The maximum absolute atomic E-state index is 14.0. The molecular weight excluding hydrogens is 346 g/mol. The number of nitrogens with one attached hydrogen (secondary N) is 2. The van der Waals surface area contributed by atoms with Gasteiger partial charge in [0.1, 0.15) is 11.6 Å². The number of aliphatic carboxylic acids is 1. The van der Waals surface area contributed by atoms with E-state index in [2.05, 4.69) is 10.6 Å². The number of hydrogen-bond donors (Lipinski definition) is 3. The Morgan fingerprint density at radius 1 is 1.19 bits per heavy atom. The van der Waals surface area contributed by atoms with E-state index in [4.69, 9.17) is 5.11 Å². The average Bonchev–Trinajstić information content (AvgIpc) is 2.54. The normalized spacial score (nSPS) is 20.9. The molecule has 1 unspecified atom stereocenters. The van der Waals surface area contributed by atoms with Crippen molar-refractivity contribution < 1.29 is 28.3 Å². The standard InChI is InChI=1S/C18H22F2N2O4/c1-10(23)21-16(14-7-4-12(19)8-15(14)20)9-17(24)22-13-5-2-11(3-6-13)18(25)26/h4,7-8,11,13,16H,2-3,5-6,9H2,1H3,(H,21,23)(H,22,24)(H,25,26). The van der Waals surface area contributed by atoms with Crippen molar-refractivity contribution in [3.8, 4) is 0 Å². The third kappa shape index (κ3) is 5.50. The third-order valence-electron chi connectivity index (χ3n) is 4.55. The number of rotatable bonds is 6. The summed E-state index contributed by atoms with van der Waals surface area (Å²) < 4.78 is 27.1. The molecule has 1 aliphatic rings. The van der Waals surface area contributed by atoms with Crippen molar-refractivity contribution in [2.45, 2.75) is 51.1 Å². The zero-order valence-corrected chi connectivity index (χ0v) is 14.4. The molecule has 2 amide bonds. The van der Waals surface area contributed by atoms with Crippen molar-refractivity contribution in [3.05, 3.63) is 35.4 Å². The Morgan fingerprint density at radius 3 is 2.38 bits per heavy atom. The lowest BCUT2D eigenvalue weighted by Gasteiger charge is -2.27. The van der Waals surface area contributed by atoms with E-state index in [1.807, 2.05) is 0 Å². The largest absolute Gasteiger partial charge is 0.481 e. The van der Waals surface area contributed by atoms with Crippen molar-refractivity contribution in [1.29, 1.82) is 0 Å². The van der Waals surface area contributed by atoms with E-state index in [0.29, 0.717) is 31.7 Å². The Labute approximate surface area is 150 Å². The van der Waals surface area contributed by atoms with Crippen LogP contribution in [-0.4, -0.2) is 28.9 Å². The Balaban J connectivity index is 1.98. The fourth-order valence-corrected chi connectivity index (χ4v) is 3.22. The number of benzene rings is 1. The van der Waals surface area contributed by atoms with Crippen LogP contribution in [0.1, 0.15) is 50.6 Å². The first kappa shape index (κ1) is 19.8. The summed E-state index contributed by atoms with van der Waals surface area (Å²) in [6.45, 7) is 1.25. The van der Waals surface area contributed by atoms with Crippen LogP contribution in [0.15, 0.2) is 18.2 Å². The highest BCUT2D eigenvalue weighted by molar-refractivity contribution is 5.79. The zero-order valence-electron chi connectivity index (χ0n) is 14.4. The van der Waals surface area contributed by atoms with Gasteiger partial charge in [-0.05, 0) is 31.7 Å². The molecule has 1 aromatic rings. The highest BCUT2D eigenvalue weighted by atomic mass is 19.1. The predicted octanol–water partition coefficient (Wildman–Crippen LogP) is 2.29.